The summed E-state index contributed by atoms with van der Waals surface area (Å²) in [5, 5.41) is 6.89. The van der Waals surface area contributed by atoms with Crippen LogP contribution in [0.1, 0.15) is 17.0 Å². The molecule has 1 N–H and O–H groups in total. The van der Waals surface area contributed by atoms with Gasteiger partial charge in [0.05, 0.1) is 10.8 Å². The number of benzene rings is 2. The summed E-state index contributed by atoms with van der Waals surface area (Å²) in [5.41, 5.74) is 9.91. The van der Waals surface area contributed by atoms with Gasteiger partial charge in [-0.2, -0.15) is 5.53 Å². The van der Waals surface area contributed by atoms with Crippen molar-refractivity contribution in [3.05, 3.63) is 70.7 Å². The van der Waals surface area contributed by atoms with E-state index < -0.39 is 10.8 Å². The van der Waals surface area contributed by atoms with Crippen molar-refractivity contribution in [2.75, 3.05) is 5.75 Å². The summed E-state index contributed by atoms with van der Waals surface area (Å²) >= 11 is 5.92. The van der Waals surface area contributed by atoms with Gasteiger partial charge in [0.25, 0.3) is 0 Å². The lowest BCUT2D eigenvalue weighted by atomic mass is 9.93. The van der Waals surface area contributed by atoms with Gasteiger partial charge >= 0.3 is 0 Å². The Morgan fingerprint density at radius 2 is 1.71 bits per heavy atom. The van der Waals surface area contributed by atoms with E-state index in [0.717, 1.165) is 11.1 Å². The van der Waals surface area contributed by atoms with E-state index in [2.05, 4.69) is 10.3 Å². The highest BCUT2D eigenvalue weighted by Crippen LogP contribution is 2.26. The Balaban J connectivity index is 2.31. The van der Waals surface area contributed by atoms with Crippen LogP contribution in [-0.4, -0.2) is 15.5 Å². The molecule has 0 spiro atoms. The molecule has 2 aromatic rings. The van der Waals surface area contributed by atoms with Crippen LogP contribution in [0.2, 0.25) is 5.02 Å². The molecule has 4 nitrogen and oxygen atoms in total. The van der Waals surface area contributed by atoms with Gasteiger partial charge in [-0.25, -0.2) is 0 Å². The SMILES string of the molecule is N=NN=CS(=O)CC(c1ccccc1)c1ccc(Cl)cc1. The number of halogens is 1. The van der Waals surface area contributed by atoms with Gasteiger partial charge in [0, 0.05) is 16.7 Å². The maximum atomic E-state index is 12.0. The molecule has 6 heteroatoms. The first-order valence-corrected chi connectivity index (χ1v) is 8.04. The first-order valence-electron chi connectivity index (χ1n) is 6.28. The summed E-state index contributed by atoms with van der Waals surface area (Å²) in [6.07, 6.45) is 0. The minimum atomic E-state index is -1.29. The largest absolute Gasteiger partial charge is 0.253 e. The predicted octanol–water partition coefficient (Wildman–Crippen LogP) is 4.19. The van der Waals surface area contributed by atoms with Gasteiger partial charge in [-0.05, 0) is 23.3 Å². The minimum Gasteiger partial charge on any atom is -0.253 e. The molecule has 0 saturated heterocycles. The molecule has 21 heavy (non-hydrogen) atoms. The Labute approximate surface area is 130 Å². The summed E-state index contributed by atoms with van der Waals surface area (Å²) in [5.74, 6) is 0.353. The number of hydrogen-bond acceptors (Lipinski definition) is 3. The van der Waals surface area contributed by atoms with E-state index in [4.69, 9.17) is 17.1 Å². The molecular formula is C15H14ClN3OS. The highest BCUT2D eigenvalue weighted by atomic mass is 35.5. The molecule has 0 aliphatic rings. The van der Waals surface area contributed by atoms with E-state index in [9.17, 15) is 4.21 Å². The van der Waals surface area contributed by atoms with Crippen LogP contribution in [0.5, 0.6) is 0 Å². The molecule has 2 atom stereocenters. The quantitative estimate of drug-likeness (QED) is 0.369. The monoisotopic (exact) mass is 319 g/mol. The standard InChI is InChI=1S/C15H14ClN3OS/c16-14-8-6-13(7-9-14)15(10-21(20)11-18-19-17)12-4-2-1-3-5-12/h1-9,11,15,17H,10H2. The van der Waals surface area contributed by atoms with Gasteiger partial charge < -0.3 is 0 Å². The Morgan fingerprint density at radius 3 is 2.33 bits per heavy atom. The fourth-order valence-electron chi connectivity index (χ4n) is 2.05. The van der Waals surface area contributed by atoms with Crippen LogP contribution in [0.15, 0.2) is 64.9 Å². The van der Waals surface area contributed by atoms with Gasteiger partial charge in [0.1, 0.15) is 5.55 Å². The van der Waals surface area contributed by atoms with Crippen molar-refractivity contribution in [3.63, 3.8) is 0 Å². The normalized spacial score (nSPS) is 14.0. The van der Waals surface area contributed by atoms with Crippen LogP contribution in [0.3, 0.4) is 0 Å². The molecule has 0 saturated carbocycles. The molecule has 0 radical (unpaired) electrons. The smallest absolute Gasteiger partial charge is 0.115 e. The Bertz CT molecular complexity index is 644. The van der Waals surface area contributed by atoms with E-state index in [1.54, 1.807) is 0 Å². The minimum absolute atomic E-state index is 0.0264. The second-order valence-corrected chi connectivity index (χ2v) is 6.13. The second kappa shape index (κ2) is 7.81. The average Bonchev–Trinajstić information content (AvgIpc) is 2.52. The van der Waals surface area contributed by atoms with Crippen LogP contribution in [-0.2, 0) is 10.8 Å². The summed E-state index contributed by atoms with van der Waals surface area (Å²) in [6, 6.07) is 17.4. The number of rotatable bonds is 6. The Kier molecular flexibility index (Phi) is 5.78. The van der Waals surface area contributed by atoms with Crippen LogP contribution >= 0.6 is 11.6 Å². The summed E-state index contributed by atoms with van der Waals surface area (Å²) in [6.45, 7) is 0. The molecule has 108 valence electrons. The molecule has 2 rings (SSSR count). The third-order valence-corrected chi connectivity index (χ3v) is 4.27. The molecule has 0 amide bonds. The number of nitrogens with zero attached hydrogens (tertiary/aromatic N) is 2. The molecule has 0 aliphatic carbocycles. The fourth-order valence-corrected chi connectivity index (χ4v) is 3.13. The van der Waals surface area contributed by atoms with Crippen molar-refractivity contribution in [1.82, 2.24) is 0 Å². The summed E-state index contributed by atoms with van der Waals surface area (Å²) < 4.78 is 12.0. The van der Waals surface area contributed by atoms with Crippen LogP contribution < -0.4 is 0 Å². The van der Waals surface area contributed by atoms with Gasteiger partial charge in [-0.15, -0.1) is 5.10 Å². The zero-order chi connectivity index (χ0) is 15.1. The first kappa shape index (κ1) is 15.5. The summed E-state index contributed by atoms with van der Waals surface area (Å²) in [4.78, 5) is 0. The van der Waals surface area contributed by atoms with Gasteiger partial charge in [0.2, 0.25) is 0 Å². The molecule has 0 heterocycles. The van der Waals surface area contributed by atoms with E-state index in [0.29, 0.717) is 10.8 Å². The van der Waals surface area contributed by atoms with Gasteiger partial charge in [-0.1, -0.05) is 59.3 Å². The lowest BCUT2D eigenvalue weighted by Crippen LogP contribution is -2.11. The summed E-state index contributed by atoms with van der Waals surface area (Å²) in [7, 11) is -1.29. The maximum Gasteiger partial charge on any atom is 0.115 e. The zero-order valence-corrected chi connectivity index (χ0v) is 12.7. The van der Waals surface area contributed by atoms with E-state index >= 15 is 0 Å². The molecule has 0 aromatic heterocycles. The van der Waals surface area contributed by atoms with Crippen molar-refractivity contribution in [2.45, 2.75) is 5.92 Å². The van der Waals surface area contributed by atoms with Crippen molar-refractivity contribution in [1.29, 1.82) is 5.53 Å². The van der Waals surface area contributed by atoms with Crippen LogP contribution in [0, 0.1) is 5.53 Å². The topological polar surface area (TPSA) is 65.6 Å². The Morgan fingerprint density at radius 1 is 1.10 bits per heavy atom. The van der Waals surface area contributed by atoms with Crippen molar-refractivity contribution < 1.29 is 4.21 Å². The molecule has 0 aliphatic heterocycles. The number of nitrogens with one attached hydrogen (secondary N) is 1. The van der Waals surface area contributed by atoms with Gasteiger partial charge in [-0.3, -0.25) is 4.21 Å². The third-order valence-electron chi connectivity index (χ3n) is 3.03. The molecule has 2 aromatic carbocycles. The lowest BCUT2D eigenvalue weighted by Gasteiger charge is -2.16. The predicted molar refractivity (Wildman–Crippen MR) is 86.4 cm³/mol. The zero-order valence-electron chi connectivity index (χ0n) is 11.1. The van der Waals surface area contributed by atoms with Crippen molar-refractivity contribution in [2.24, 2.45) is 10.3 Å². The lowest BCUT2D eigenvalue weighted by molar-refractivity contribution is 0.686. The molecule has 0 fully saturated rings. The third kappa shape index (κ3) is 4.58. The second-order valence-electron chi connectivity index (χ2n) is 4.38. The van der Waals surface area contributed by atoms with E-state index in [-0.39, 0.29) is 5.92 Å². The van der Waals surface area contributed by atoms with Crippen molar-refractivity contribution in [3.8, 4) is 0 Å². The van der Waals surface area contributed by atoms with Crippen LogP contribution in [0.4, 0.5) is 0 Å². The highest BCUT2D eigenvalue weighted by molar-refractivity contribution is 7.98. The van der Waals surface area contributed by atoms with Gasteiger partial charge in [0.15, 0.2) is 0 Å². The molecule has 2 unspecified atom stereocenters. The van der Waals surface area contributed by atoms with E-state index in [1.165, 1.54) is 5.55 Å². The first-order chi connectivity index (χ1) is 10.2. The number of hydrogen-bond donors (Lipinski definition) is 1. The average molecular weight is 320 g/mol. The molecule has 0 bridgehead atoms. The Hall–Kier alpha value is -1.85. The van der Waals surface area contributed by atoms with Crippen LogP contribution in [0.25, 0.3) is 0 Å². The highest BCUT2D eigenvalue weighted by Gasteiger charge is 2.16. The maximum absolute atomic E-state index is 12.0. The van der Waals surface area contributed by atoms with Crippen molar-refractivity contribution >= 4 is 27.9 Å². The fraction of sp³-hybridized carbons (Fsp3) is 0.133. The molecular weight excluding hydrogens is 306 g/mol. The van der Waals surface area contributed by atoms with E-state index in [1.807, 2.05) is 54.6 Å².